The van der Waals surface area contributed by atoms with Gasteiger partial charge in [0.25, 0.3) is 0 Å². The molecular formula is C66H53N3. The number of nitrogens with zero attached hydrogens (tertiary/aromatic N) is 2. The van der Waals surface area contributed by atoms with E-state index in [-0.39, 0.29) is 0 Å². The zero-order valence-corrected chi connectivity index (χ0v) is 38.9. The van der Waals surface area contributed by atoms with E-state index in [0.29, 0.717) is 12.3 Å². The Balaban J connectivity index is 1.07. The van der Waals surface area contributed by atoms with Gasteiger partial charge in [0.1, 0.15) is 5.84 Å². The van der Waals surface area contributed by atoms with Crippen molar-refractivity contribution in [1.29, 1.82) is 0 Å². The standard InChI is InChI=1S/C66H53N3/c1-3-4-9-22-46(2)66(52-26-12-6-13-27-52)60-33-20-18-25-50(60)44-51-37-35-47(43-61(51)66)36-42-62(68-65(67)48-23-10-5-11-24-48)57-41-40-54(55-30-16-8-17-31-56(55)57)49-38-39-59-58-32-19-21-34-63(58)69(64(59)45-49)53-28-14-7-15-29-53/h3-30,32-35,37-43,45H,1,31,36,44H2,2H3,(H2,67,68)/b9-4-,46-22+,62-42-. The first-order valence-electron chi connectivity index (χ1n) is 23.9. The summed E-state index contributed by atoms with van der Waals surface area (Å²) >= 11 is 0. The maximum atomic E-state index is 6.96. The van der Waals surface area contributed by atoms with Gasteiger partial charge in [0.05, 0.1) is 22.1 Å². The lowest BCUT2D eigenvalue weighted by Gasteiger charge is -2.43. The molecule has 2 N–H and O–H groups in total. The molecule has 1 aromatic heterocycles. The molecule has 3 heteroatoms. The summed E-state index contributed by atoms with van der Waals surface area (Å²) in [4.78, 5) is 5.33. The van der Waals surface area contributed by atoms with Gasteiger partial charge < -0.3 is 10.3 Å². The number of fused-ring (bicyclic) bond motifs is 6. The Morgan fingerprint density at radius 2 is 1.41 bits per heavy atom. The first kappa shape index (κ1) is 43.1. The van der Waals surface area contributed by atoms with E-state index in [0.717, 1.165) is 40.9 Å². The Labute approximate surface area is 405 Å². The lowest BCUT2D eigenvalue weighted by molar-refractivity contribution is 0.685. The molecule has 0 fully saturated rings. The summed E-state index contributed by atoms with van der Waals surface area (Å²) in [6, 6.07) is 68.0. The molecule has 0 aliphatic heterocycles. The van der Waals surface area contributed by atoms with Gasteiger partial charge in [-0.2, -0.15) is 0 Å². The van der Waals surface area contributed by atoms with Crippen LogP contribution in [0.1, 0.15) is 62.6 Å². The van der Waals surface area contributed by atoms with Gasteiger partial charge in [0.15, 0.2) is 0 Å². The van der Waals surface area contributed by atoms with Crippen LogP contribution in [0.3, 0.4) is 0 Å². The van der Waals surface area contributed by atoms with Crippen LogP contribution in [0.25, 0.3) is 50.4 Å². The van der Waals surface area contributed by atoms with Gasteiger partial charge in [-0.3, -0.25) is 0 Å². The number of allylic oxidation sites excluding steroid dienone is 9. The molecule has 2 aliphatic rings. The number of benzene rings is 8. The highest BCUT2D eigenvalue weighted by Gasteiger charge is 2.43. The third-order valence-electron chi connectivity index (χ3n) is 14.1. The largest absolute Gasteiger partial charge is 0.383 e. The molecule has 0 spiro atoms. The van der Waals surface area contributed by atoms with E-state index in [1.807, 2.05) is 42.5 Å². The van der Waals surface area contributed by atoms with Gasteiger partial charge in [-0.05, 0) is 106 Å². The van der Waals surface area contributed by atoms with E-state index in [9.17, 15) is 0 Å². The molecule has 0 saturated carbocycles. The molecule has 1 heterocycles. The molecule has 0 saturated heterocycles. The van der Waals surface area contributed by atoms with Crippen LogP contribution in [0.2, 0.25) is 0 Å². The van der Waals surface area contributed by atoms with Gasteiger partial charge in [0, 0.05) is 27.6 Å². The van der Waals surface area contributed by atoms with Crippen LogP contribution in [0.5, 0.6) is 0 Å². The number of aromatic nitrogens is 1. The number of aliphatic imine (C=N–C) groups is 1. The highest BCUT2D eigenvalue weighted by molar-refractivity contribution is 6.10. The van der Waals surface area contributed by atoms with Crippen molar-refractivity contribution in [3.05, 3.63) is 304 Å². The van der Waals surface area contributed by atoms with E-state index in [1.54, 1.807) is 0 Å². The lowest BCUT2D eigenvalue weighted by Crippen LogP contribution is -2.36. The van der Waals surface area contributed by atoms with Gasteiger partial charge in [-0.1, -0.05) is 231 Å². The second-order valence-electron chi connectivity index (χ2n) is 18.0. The average Bonchev–Trinajstić information content (AvgIpc) is 3.52. The zero-order chi connectivity index (χ0) is 46.7. The van der Waals surface area contributed by atoms with Gasteiger partial charge in [0.2, 0.25) is 0 Å². The van der Waals surface area contributed by atoms with Crippen LogP contribution in [-0.4, -0.2) is 10.4 Å². The van der Waals surface area contributed by atoms with Crippen molar-refractivity contribution < 1.29 is 0 Å². The van der Waals surface area contributed by atoms with Crippen molar-refractivity contribution in [3.8, 4) is 16.8 Å². The SMILES string of the molecule is C=C/C=C\C=C(/C)C1(c2ccccc2)c2ccccc2Cc2ccc(C/C=C(\N=C(/N)c3ccccc3)c3ccc(-c4ccc5c6ccccc6n(-c6ccccc6)c5c4)c4c3CC=CC=C4)cc21. The van der Waals surface area contributed by atoms with Crippen LogP contribution in [-0.2, 0) is 24.7 Å². The van der Waals surface area contributed by atoms with Crippen molar-refractivity contribution in [1.82, 2.24) is 4.57 Å². The number of hydrogen-bond donors (Lipinski definition) is 1. The molecule has 3 nitrogen and oxygen atoms in total. The topological polar surface area (TPSA) is 43.3 Å². The normalized spacial score (nSPS) is 15.8. The fraction of sp³-hybridized carbons (Fsp3) is 0.0758. The first-order chi connectivity index (χ1) is 34.0. The predicted octanol–water partition coefficient (Wildman–Crippen LogP) is 15.5. The van der Waals surface area contributed by atoms with Gasteiger partial charge >= 0.3 is 0 Å². The molecule has 1 unspecified atom stereocenters. The third kappa shape index (κ3) is 7.82. The van der Waals surface area contributed by atoms with Crippen LogP contribution >= 0.6 is 0 Å². The smallest absolute Gasteiger partial charge is 0.131 e. The minimum Gasteiger partial charge on any atom is -0.383 e. The number of nitrogens with two attached hydrogens (primary N) is 1. The molecule has 332 valence electrons. The Bertz CT molecular complexity index is 3600. The molecule has 0 bridgehead atoms. The minimum absolute atomic E-state index is 0.483. The van der Waals surface area contributed by atoms with Crippen molar-refractivity contribution in [2.24, 2.45) is 10.7 Å². The first-order valence-corrected chi connectivity index (χ1v) is 23.9. The zero-order valence-electron chi connectivity index (χ0n) is 38.9. The molecule has 11 rings (SSSR count). The summed E-state index contributed by atoms with van der Waals surface area (Å²) in [7, 11) is 0. The average molecular weight is 888 g/mol. The predicted molar refractivity (Wildman–Crippen MR) is 292 cm³/mol. The highest BCUT2D eigenvalue weighted by atomic mass is 15.0. The second kappa shape index (κ2) is 18.6. The maximum absolute atomic E-state index is 6.96. The summed E-state index contributed by atoms with van der Waals surface area (Å²) in [6.07, 6.45) is 21.6. The molecule has 0 amide bonds. The molecule has 1 atom stereocenters. The summed E-state index contributed by atoms with van der Waals surface area (Å²) in [5.41, 5.74) is 26.5. The van der Waals surface area contributed by atoms with E-state index >= 15 is 0 Å². The van der Waals surface area contributed by atoms with Crippen LogP contribution in [0.15, 0.2) is 254 Å². The molecule has 8 aromatic carbocycles. The fourth-order valence-electron chi connectivity index (χ4n) is 10.9. The number of rotatable bonds is 11. The van der Waals surface area contributed by atoms with Crippen LogP contribution < -0.4 is 5.73 Å². The molecule has 0 radical (unpaired) electrons. The van der Waals surface area contributed by atoms with Crippen molar-refractivity contribution in [2.45, 2.75) is 31.6 Å². The maximum Gasteiger partial charge on any atom is 0.131 e. The van der Waals surface area contributed by atoms with Crippen molar-refractivity contribution in [3.63, 3.8) is 0 Å². The van der Waals surface area contributed by atoms with Gasteiger partial charge in [-0.15, -0.1) is 0 Å². The Morgan fingerprint density at radius 1 is 0.681 bits per heavy atom. The molecule has 2 aliphatic carbocycles. The summed E-state index contributed by atoms with van der Waals surface area (Å²) in [6.45, 7) is 6.23. The van der Waals surface area contributed by atoms with E-state index in [4.69, 9.17) is 10.7 Å². The molecule has 69 heavy (non-hydrogen) atoms. The molecule has 9 aromatic rings. The Kier molecular flexibility index (Phi) is 11.6. The lowest BCUT2D eigenvalue weighted by atomic mass is 9.59. The van der Waals surface area contributed by atoms with Crippen molar-refractivity contribution in [2.75, 3.05) is 0 Å². The third-order valence-corrected chi connectivity index (χ3v) is 14.1. The van der Waals surface area contributed by atoms with Gasteiger partial charge in [-0.25, -0.2) is 4.99 Å². The summed E-state index contributed by atoms with van der Waals surface area (Å²) < 4.78 is 2.39. The van der Waals surface area contributed by atoms with Crippen LogP contribution in [0.4, 0.5) is 0 Å². The number of hydrogen-bond acceptors (Lipinski definition) is 1. The van der Waals surface area contributed by atoms with E-state index in [1.165, 1.54) is 77.5 Å². The second-order valence-corrected chi connectivity index (χ2v) is 18.0. The fourth-order valence-corrected chi connectivity index (χ4v) is 10.9. The van der Waals surface area contributed by atoms with E-state index < -0.39 is 5.41 Å². The van der Waals surface area contributed by atoms with Crippen molar-refractivity contribution >= 4 is 39.4 Å². The number of amidine groups is 1. The molecular weight excluding hydrogens is 835 g/mol. The summed E-state index contributed by atoms with van der Waals surface area (Å²) in [5, 5.41) is 2.48. The Morgan fingerprint density at radius 3 is 2.23 bits per heavy atom. The Hall–Kier alpha value is -8.53. The van der Waals surface area contributed by atoms with E-state index in [2.05, 4.69) is 218 Å². The quantitative estimate of drug-likeness (QED) is 0.0785. The summed E-state index contributed by atoms with van der Waals surface area (Å²) in [5.74, 6) is 0.483. The minimum atomic E-state index is -0.500. The van der Waals surface area contributed by atoms with Crippen LogP contribution in [0, 0.1) is 0 Å². The number of para-hydroxylation sites is 2. The highest BCUT2D eigenvalue weighted by Crippen LogP contribution is 2.51. The monoisotopic (exact) mass is 887 g/mol.